The smallest absolute Gasteiger partial charge is 0.228 e. The zero-order valence-corrected chi connectivity index (χ0v) is 14.1. The summed E-state index contributed by atoms with van der Waals surface area (Å²) in [4.78, 5) is 16.9. The zero-order chi connectivity index (χ0) is 17.2. The average Bonchev–Trinajstić information content (AvgIpc) is 3.32. The molecule has 6 nitrogen and oxygen atoms in total. The number of rotatable bonds is 4. The maximum atomic E-state index is 12.3. The van der Waals surface area contributed by atoms with Gasteiger partial charge in [-0.25, -0.2) is 4.98 Å². The number of benzene rings is 1. The van der Waals surface area contributed by atoms with Gasteiger partial charge in [-0.2, -0.15) is 5.10 Å². The van der Waals surface area contributed by atoms with E-state index in [9.17, 15) is 4.79 Å². The summed E-state index contributed by atoms with van der Waals surface area (Å²) in [6.45, 7) is 0. The number of carbonyl (C=O) groups excluding carboxylic acids is 1. The number of aromatic nitrogens is 3. The third-order valence-corrected chi connectivity index (χ3v) is 4.76. The fourth-order valence-electron chi connectivity index (χ4n) is 3.35. The second kappa shape index (κ2) is 6.55. The molecule has 0 bridgehead atoms. The molecule has 1 saturated carbocycles. The van der Waals surface area contributed by atoms with Crippen LogP contribution >= 0.6 is 0 Å². The Hall–Kier alpha value is -2.89. The van der Waals surface area contributed by atoms with E-state index < -0.39 is 0 Å². The first-order valence-electron chi connectivity index (χ1n) is 8.55. The Morgan fingerprint density at radius 3 is 2.88 bits per heavy atom. The molecule has 128 valence electrons. The number of aromatic amines is 1. The Labute approximate surface area is 145 Å². The van der Waals surface area contributed by atoms with Gasteiger partial charge in [-0.3, -0.25) is 9.89 Å². The first kappa shape index (κ1) is 15.6. The van der Waals surface area contributed by atoms with Crippen molar-refractivity contribution in [2.24, 2.45) is 5.92 Å². The number of nitrogens with one attached hydrogen (secondary N) is 2. The first-order chi connectivity index (χ1) is 12.2. The van der Waals surface area contributed by atoms with Crippen LogP contribution in [0, 0.1) is 5.92 Å². The van der Waals surface area contributed by atoms with Crippen molar-refractivity contribution >= 4 is 22.8 Å². The van der Waals surface area contributed by atoms with Crippen molar-refractivity contribution in [1.29, 1.82) is 0 Å². The molecule has 2 N–H and O–H groups in total. The van der Waals surface area contributed by atoms with E-state index in [0.29, 0.717) is 11.5 Å². The van der Waals surface area contributed by atoms with E-state index in [2.05, 4.69) is 20.5 Å². The predicted molar refractivity (Wildman–Crippen MR) is 96.5 cm³/mol. The molecule has 2 heterocycles. The number of fused-ring (bicyclic) bond motifs is 1. The number of hydrogen-bond acceptors (Lipinski definition) is 4. The van der Waals surface area contributed by atoms with E-state index in [4.69, 9.17) is 4.74 Å². The maximum Gasteiger partial charge on any atom is 0.228 e. The molecule has 0 saturated heterocycles. The number of amides is 1. The molecular weight excluding hydrogens is 316 g/mol. The van der Waals surface area contributed by atoms with Crippen LogP contribution in [0.2, 0.25) is 0 Å². The lowest BCUT2D eigenvalue weighted by Gasteiger charge is -2.08. The number of ether oxygens (including phenoxy) is 1. The SMILES string of the molecule is COc1cccc(-c2ccc3c(NC(=O)C4CCCC4)n[nH]c3n2)c1. The summed E-state index contributed by atoms with van der Waals surface area (Å²) >= 11 is 0. The van der Waals surface area contributed by atoms with Gasteiger partial charge in [-0.15, -0.1) is 0 Å². The van der Waals surface area contributed by atoms with Gasteiger partial charge in [0.15, 0.2) is 11.5 Å². The fraction of sp³-hybridized carbons (Fsp3) is 0.316. The van der Waals surface area contributed by atoms with E-state index in [1.807, 2.05) is 36.4 Å². The number of anilines is 1. The van der Waals surface area contributed by atoms with Gasteiger partial charge >= 0.3 is 0 Å². The number of nitrogens with zero attached hydrogens (tertiary/aromatic N) is 2. The summed E-state index contributed by atoms with van der Waals surface area (Å²) in [6, 6.07) is 11.6. The van der Waals surface area contributed by atoms with Gasteiger partial charge < -0.3 is 10.1 Å². The molecule has 6 heteroatoms. The molecule has 0 aliphatic heterocycles. The number of methoxy groups -OCH3 is 1. The molecule has 1 aliphatic carbocycles. The highest BCUT2D eigenvalue weighted by Gasteiger charge is 2.23. The van der Waals surface area contributed by atoms with Gasteiger partial charge in [0.05, 0.1) is 18.2 Å². The maximum absolute atomic E-state index is 12.3. The molecule has 4 rings (SSSR count). The largest absolute Gasteiger partial charge is 0.497 e. The third kappa shape index (κ3) is 3.07. The van der Waals surface area contributed by atoms with Crippen LogP contribution in [-0.4, -0.2) is 28.2 Å². The zero-order valence-electron chi connectivity index (χ0n) is 14.1. The third-order valence-electron chi connectivity index (χ3n) is 4.76. The average molecular weight is 336 g/mol. The van der Waals surface area contributed by atoms with Crippen molar-refractivity contribution in [1.82, 2.24) is 15.2 Å². The molecule has 0 atom stereocenters. The summed E-state index contributed by atoms with van der Waals surface area (Å²) in [5.41, 5.74) is 2.44. The first-order valence-corrected chi connectivity index (χ1v) is 8.55. The van der Waals surface area contributed by atoms with Crippen molar-refractivity contribution in [3.05, 3.63) is 36.4 Å². The Kier molecular flexibility index (Phi) is 4.09. The summed E-state index contributed by atoms with van der Waals surface area (Å²) < 4.78 is 5.26. The Balaban J connectivity index is 1.61. The highest BCUT2D eigenvalue weighted by Crippen LogP contribution is 2.29. The van der Waals surface area contributed by atoms with Gasteiger partial charge in [0.2, 0.25) is 5.91 Å². The van der Waals surface area contributed by atoms with Crippen LogP contribution in [0.25, 0.3) is 22.3 Å². The summed E-state index contributed by atoms with van der Waals surface area (Å²) in [7, 11) is 1.64. The minimum atomic E-state index is 0.0581. The molecule has 3 aromatic rings. The summed E-state index contributed by atoms with van der Waals surface area (Å²) in [5.74, 6) is 1.50. The Morgan fingerprint density at radius 2 is 2.08 bits per heavy atom. The van der Waals surface area contributed by atoms with E-state index in [1.54, 1.807) is 7.11 Å². The normalized spacial score (nSPS) is 14.8. The summed E-state index contributed by atoms with van der Waals surface area (Å²) in [6.07, 6.45) is 4.19. The van der Waals surface area contributed by atoms with Gasteiger partial charge in [-0.1, -0.05) is 25.0 Å². The molecule has 0 unspecified atom stereocenters. The number of H-pyrrole nitrogens is 1. The lowest BCUT2D eigenvalue weighted by molar-refractivity contribution is -0.119. The van der Waals surface area contributed by atoms with Crippen LogP contribution in [0.5, 0.6) is 5.75 Å². The Bertz CT molecular complexity index is 913. The molecule has 0 radical (unpaired) electrons. The molecule has 2 aromatic heterocycles. The lowest BCUT2D eigenvalue weighted by atomic mass is 10.1. The van der Waals surface area contributed by atoms with Crippen LogP contribution in [-0.2, 0) is 4.79 Å². The van der Waals surface area contributed by atoms with Crippen LogP contribution in [0.3, 0.4) is 0 Å². The predicted octanol–water partition coefficient (Wildman–Crippen LogP) is 3.76. The molecule has 0 spiro atoms. The van der Waals surface area contributed by atoms with Crippen LogP contribution in [0.4, 0.5) is 5.82 Å². The molecule has 1 aliphatic rings. The number of hydrogen-bond donors (Lipinski definition) is 2. The highest BCUT2D eigenvalue weighted by molar-refractivity contribution is 6.00. The molecule has 25 heavy (non-hydrogen) atoms. The lowest BCUT2D eigenvalue weighted by Crippen LogP contribution is -2.20. The highest BCUT2D eigenvalue weighted by atomic mass is 16.5. The standard InChI is InChI=1S/C19H20N4O2/c1-25-14-8-4-7-13(11-14)16-10-9-15-17(20-16)22-23-18(15)21-19(24)12-5-2-3-6-12/h4,7-12H,2-3,5-6H2,1H3,(H2,20,21,22,23,24). The van der Waals surface area contributed by atoms with Crippen molar-refractivity contribution in [3.63, 3.8) is 0 Å². The molecule has 1 aromatic carbocycles. The van der Waals surface area contributed by atoms with E-state index in [-0.39, 0.29) is 11.8 Å². The van der Waals surface area contributed by atoms with Crippen LogP contribution in [0.1, 0.15) is 25.7 Å². The monoisotopic (exact) mass is 336 g/mol. The molecular formula is C19H20N4O2. The van der Waals surface area contributed by atoms with E-state index in [0.717, 1.165) is 48.1 Å². The van der Waals surface area contributed by atoms with Crippen molar-refractivity contribution in [2.45, 2.75) is 25.7 Å². The molecule has 1 amide bonds. The summed E-state index contributed by atoms with van der Waals surface area (Å²) in [5, 5.41) is 10.9. The van der Waals surface area contributed by atoms with Crippen molar-refractivity contribution in [3.8, 4) is 17.0 Å². The van der Waals surface area contributed by atoms with Crippen LogP contribution in [0.15, 0.2) is 36.4 Å². The van der Waals surface area contributed by atoms with Crippen molar-refractivity contribution in [2.75, 3.05) is 12.4 Å². The van der Waals surface area contributed by atoms with Gasteiger partial charge in [0.25, 0.3) is 0 Å². The Morgan fingerprint density at radius 1 is 1.24 bits per heavy atom. The number of carbonyl (C=O) groups is 1. The quantitative estimate of drug-likeness (QED) is 0.760. The second-order valence-electron chi connectivity index (χ2n) is 6.37. The van der Waals surface area contributed by atoms with Crippen molar-refractivity contribution < 1.29 is 9.53 Å². The van der Waals surface area contributed by atoms with Crippen LogP contribution < -0.4 is 10.1 Å². The minimum absolute atomic E-state index is 0.0581. The van der Waals surface area contributed by atoms with E-state index in [1.165, 1.54) is 0 Å². The second-order valence-corrected chi connectivity index (χ2v) is 6.37. The van der Waals surface area contributed by atoms with Gasteiger partial charge in [0, 0.05) is 11.5 Å². The molecule has 1 fully saturated rings. The topological polar surface area (TPSA) is 79.9 Å². The minimum Gasteiger partial charge on any atom is -0.497 e. The van der Waals surface area contributed by atoms with Gasteiger partial charge in [-0.05, 0) is 37.1 Å². The van der Waals surface area contributed by atoms with Gasteiger partial charge in [0.1, 0.15) is 5.75 Å². The van der Waals surface area contributed by atoms with E-state index >= 15 is 0 Å². The number of pyridine rings is 1. The fourth-order valence-corrected chi connectivity index (χ4v) is 3.35.